The number of rotatable bonds is 4. The molecule has 0 unspecified atom stereocenters. The summed E-state index contributed by atoms with van der Waals surface area (Å²) in [6.45, 7) is 6.53. The largest absolute Gasteiger partial charge is 0.0776 e. The smallest absolute Gasteiger partial charge is 0.0281 e. The van der Waals surface area contributed by atoms with Crippen LogP contribution >= 0.6 is 0 Å². The van der Waals surface area contributed by atoms with Crippen molar-refractivity contribution in [3.8, 4) is 0 Å². The van der Waals surface area contributed by atoms with E-state index in [0.29, 0.717) is 0 Å². The minimum absolute atomic E-state index is 0. The van der Waals surface area contributed by atoms with Gasteiger partial charge in [0.25, 0.3) is 0 Å². The van der Waals surface area contributed by atoms with E-state index >= 15 is 0 Å². The monoisotopic (exact) mass is 270 g/mol. The van der Waals surface area contributed by atoms with Gasteiger partial charge in [-0.25, -0.2) is 0 Å². The zero-order valence-corrected chi connectivity index (χ0v) is 12.5. The fraction of sp³-hybridized carbons (Fsp3) is 0.400. The molecule has 0 nitrogen and oxygen atoms in total. The molecule has 20 heavy (non-hydrogen) atoms. The Morgan fingerprint density at radius 1 is 0.650 bits per heavy atom. The molecule has 0 N–H and O–H groups in total. The summed E-state index contributed by atoms with van der Waals surface area (Å²) in [6.07, 6.45) is 4.90. The lowest BCUT2D eigenvalue weighted by molar-refractivity contribution is 0.921. The van der Waals surface area contributed by atoms with Gasteiger partial charge in [-0.05, 0) is 30.9 Å². The Hall–Kier alpha value is -1.56. The minimum atomic E-state index is 0. The van der Waals surface area contributed by atoms with Gasteiger partial charge in [-0.2, -0.15) is 0 Å². The molecule has 0 amide bonds. The summed E-state index contributed by atoms with van der Waals surface area (Å²) in [5, 5.41) is 0. The molecule has 2 aromatic carbocycles. The molecule has 2 aromatic rings. The third-order valence-electron chi connectivity index (χ3n) is 3.04. The topological polar surface area (TPSA) is 0 Å². The van der Waals surface area contributed by atoms with E-state index in [1.165, 1.54) is 42.4 Å². The van der Waals surface area contributed by atoms with Crippen LogP contribution in [0.4, 0.5) is 0 Å². The van der Waals surface area contributed by atoms with Crippen LogP contribution in [-0.4, -0.2) is 0 Å². The molecule has 2 rings (SSSR count). The Morgan fingerprint density at radius 3 is 1.55 bits per heavy atom. The predicted molar refractivity (Wildman–Crippen MR) is 92.3 cm³/mol. The second-order valence-electron chi connectivity index (χ2n) is 4.97. The maximum Gasteiger partial charge on any atom is -0.0281 e. The van der Waals surface area contributed by atoms with Gasteiger partial charge in [-0.3, -0.25) is 0 Å². The van der Waals surface area contributed by atoms with Crippen LogP contribution in [0.3, 0.4) is 0 Å². The zero-order chi connectivity index (χ0) is 13.9. The summed E-state index contributed by atoms with van der Waals surface area (Å²) < 4.78 is 0. The van der Waals surface area contributed by atoms with Crippen molar-refractivity contribution >= 4 is 0 Å². The SMILES string of the molecule is C.CCCc1ccc(C)cc1.CCCc1ccccc1. The van der Waals surface area contributed by atoms with E-state index in [-0.39, 0.29) is 7.43 Å². The summed E-state index contributed by atoms with van der Waals surface area (Å²) in [7, 11) is 0. The molecule has 0 atom stereocenters. The molecule has 110 valence electrons. The summed E-state index contributed by atoms with van der Waals surface area (Å²) in [5.74, 6) is 0. The van der Waals surface area contributed by atoms with Crippen molar-refractivity contribution < 1.29 is 0 Å². The van der Waals surface area contributed by atoms with Crippen LogP contribution in [0, 0.1) is 6.92 Å². The lowest BCUT2D eigenvalue weighted by atomic mass is 10.1. The second kappa shape index (κ2) is 11.3. The van der Waals surface area contributed by atoms with Gasteiger partial charge < -0.3 is 0 Å². The van der Waals surface area contributed by atoms with Crippen molar-refractivity contribution in [2.24, 2.45) is 0 Å². The van der Waals surface area contributed by atoms with Gasteiger partial charge in [0.2, 0.25) is 0 Å². The Morgan fingerprint density at radius 2 is 1.10 bits per heavy atom. The van der Waals surface area contributed by atoms with Crippen LogP contribution in [-0.2, 0) is 12.8 Å². The normalized spacial score (nSPS) is 9.15. The highest BCUT2D eigenvalue weighted by Crippen LogP contribution is 2.04. The molecule has 0 fully saturated rings. The molecular formula is C20H30. The third kappa shape index (κ3) is 7.78. The van der Waals surface area contributed by atoms with E-state index in [2.05, 4.69) is 75.4 Å². The molecule has 0 radical (unpaired) electrons. The fourth-order valence-electron chi connectivity index (χ4n) is 1.98. The van der Waals surface area contributed by atoms with E-state index in [0.717, 1.165) is 0 Å². The van der Waals surface area contributed by atoms with Gasteiger partial charge in [0.1, 0.15) is 0 Å². The van der Waals surface area contributed by atoms with Crippen LogP contribution in [0.1, 0.15) is 50.8 Å². The highest BCUT2D eigenvalue weighted by Gasteiger charge is 1.88. The molecule has 0 aromatic heterocycles. The van der Waals surface area contributed by atoms with Crippen molar-refractivity contribution in [1.29, 1.82) is 0 Å². The lowest BCUT2D eigenvalue weighted by Gasteiger charge is -1.97. The number of aryl methyl sites for hydroxylation is 3. The Bertz CT molecular complexity index is 425. The molecule has 0 heteroatoms. The van der Waals surface area contributed by atoms with Crippen molar-refractivity contribution in [2.75, 3.05) is 0 Å². The average Bonchev–Trinajstić information content (AvgIpc) is 2.44. The first-order valence-electron chi connectivity index (χ1n) is 7.35. The molecular weight excluding hydrogens is 240 g/mol. The van der Waals surface area contributed by atoms with Gasteiger partial charge in [-0.15, -0.1) is 0 Å². The molecule has 0 aliphatic carbocycles. The third-order valence-corrected chi connectivity index (χ3v) is 3.04. The summed E-state index contributed by atoms with van der Waals surface area (Å²) >= 11 is 0. The predicted octanol–water partition coefficient (Wildman–Crippen LogP) is 6.22. The first kappa shape index (κ1) is 18.4. The van der Waals surface area contributed by atoms with Crippen LogP contribution in [0.2, 0.25) is 0 Å². The first-order valence-corrected chi connectivity index (χ1v) is 7.35. The minimum Gasteiger partial charge on any atom is -0.0776 e. The average molecular weight is 270 g/mol. The Kier molecular flexibility index (Phi) is 10.4. The van der Waals surface area contributed by atoms with Crippen molar-refractivity contribution in [2.45, 2.75) is 53.9 Å². The highest BCUT2D eigenvalue weighted by atomic mass is 13.9. The lowest BCUT2D eigenvalue weighted by Crippen LogP contribution is -1.81. The molecule has 0 aliphatic rings. The highest BCUT2D eigenvalue weighted by molar-refractivity contribution is 5.21. The van der Waals surface area contributed by atoms with E-state index in [9.17, 15) is 0 Å². The molecule has 0 bridgehead atoms. The van der Waals surface area contributed by atoms with Gasteiger partial charge in [0, 0.05) is 0 Å². The molecule has 0 spiro atoms. The molecule has 0 saturated heterocycles. The van der Waals surface area contributed by atoms with Crippen LogP contribution < -0.4 is 0 Å². The summed E-state index contributed by atoms with van der Waals surface area (Å²) in [6, 6.07) is 19.3. The van der Waals surface area contributed by atoms with Gasteiger partial charge in [0.15, 0.2) is 0 Å². The van der Waals surface area contributed by atoms with E-state index in [1.807, 2.05) is 0 Å². The Balaban J connectivity index is 0.000000345. The van der Waals surface area contributed by atoms with Gasteiger partial charge in [-0.1, -0.05) is 94.3 Å². The maximum absolute atomic E-state index is 2.21. The standard InChI is InChI=1S/C10H14.C9H12.CH4/c1-3-4-10-7-5-9(2)6-8-10;1-2-6-9-7-4-3-5-8-9;/h5-8H,3-4H2,1-2H3;3-5,7-8H,2,6H2,1H3;1H4. The van der Waals surface area contributed by atoms with Crippen molar-refractivity contribution in [3.05, 3.63) is 71.3 Å². The maximum atomic E-state index is 2.21. The number of hydrogen-bond acceptors (Lipinski definition) is 0. The molecule has 0 saturated carbocycles. The van der Waals surface area contributed by atoms with Crippen LogP contribution in [0.5, 0.6) is 0 Å². The first-order chi connectivity index (χ1) is 9.26. The number of benzene rings is 2. The van der Waals surface area contributed by atoms with Crippen LogP contribution in [0.15, 0.2) is 54.6 Å². The molecule has 0 heterocycles. The van der Waals surface area contributed by atoms with Gasteiger partial charge >= 0.3 is 0 Å². The fourth-order valence-corrected chi connectivity index (χ4v) is 1.98. The summed E-state index contributed by atoms with van der Waals surface area (Å²) in [5.41, 5.74) is 4.24. The van der Waals surface area contributed by atoms with Gasteiger partial charge in [0.05, 0.1) is 0 Å². The van der Waals surface area contributed by atoms with E-state index in [1.54, 1.807) is 0 Å². The van der Waals surface area contributed by atoms with E-state index < -0.39 is 0 Å². The molecule has 0 aliphatic heterocycles. The second-order valence-corrected chi connectivity index (χ2v) is 4.97. The van der Waals surface area contributed by atoms with Crippen molar-refractivity contribution in [1.82, 2.24) is 0 Å². The quantitative estimate of drug-likeness (QED) is 0.618. The van der Waals surface area contributed by atoms with E-state index in [4.69, 9.17) is 0 Å². The summed E-state index contributed by atoms with van der Waals surface area (Å²) in [4.78, 5) is 0. The van der Waals surface area contributed by atoms with Crippen molar-refractivity contribution in [3.63, 3.8) is 0 Å². The zero-order valence-electron chi connectivity index (χ0n) is 12.5. The number of hydrogen-bond donors (Lipinski definition) is 0. The Labute approximate surface area is 125 Å². The van der Waals surface area contributed by atoms with Crippen LogP contribution in [0.25, 0.3) is 0 Å².